The van der Waals surface area contributed by atoms with Gasteiger partial charge in [-0.3, -0.25) is 4.90 Å². The van der Waals surface area contributed by atoms with Gasteiger partial charge in [-0.05, 0) is 44.1 Å². The monoisotopic (exact) mass is 278 g/mol. The molecule has 1 aromatic carbocycles. The van der Waals surface area contributed by atoms with Gasteiger partial charge in [0.15, 0.2) is 0 Å². The molecule has 1 aliphatic rings. The van der Waals surface area contributed by atoms with E-state index in [4.69, 9.17) is 9.47 Å². The first-order valence-electron chi connectivity index (χ1n) is 7.32. The first-order chi connectivity index (χ1) is 9.76. The molecular formula is C16H26N2O2. The molecule has 1 atom stereocenters. The van der Waals surface area contributed by atoms with Gasteiger partial charge in [0.2, 0.25) is 0 Å². The largest absolute Gasteiger partial charge is 0.496 e. The Bertz CT molecular complexity index is 423. The van der Waals surface area contributed by atoms with Gasteiger partial charge >= 0.3 is 0 Å². The van der Waals surface area contributed by atoms with Crippen molar-refractivity contribution in [3.8, 4) is 5.75 Å². The molecule has 0 spiro atoms. The van der Waals surface area contributed by atoms with Gasteiger partial charge in [-0.1, -0.05) is 6.07 Å². The van der Waals surface area contributed by atoms with Crippen LogP contribution in [0, 0.1) is 0 Å². The van der Waals surface area contributed by atoms with Crippen molar-refractivity contribution in [2.24, 2.45) is 0 Å². The van der Waals surface area contributed by atoms with Crippen LogP contribution >= 0.6 is 0 Å². The van der Waals surface area contributed by atoms with E-state index in [-0.39, 0.29) is 0 Å². The average Bonchev–Trinajstić information content (AvgIpc) is 2.48. The first-order valence-corrected chi connectivity index (χ1v) is 7.32. The molecule has 1 unspecified atom stereocenters. The van der Waals surface area contributed by atoms with E-state index in [0.29, 0.717) is 6.10 Å². The zero-order chi connectivity index (χ0) is 14.4. The lowest BCUT2D eigenvalue weighted by Gasteiger charge is -2.32. The molecule has 0 aromatic heterocycles. The molecule has 4 nitrogen and oxygen atoms in total. The van der Waals surface area contributed by atoms with Gasteiger partial charge in [-0.25, -0.2) is 0 Å². The number of hydrogen-bond acceptors (Lipinski definition) is 4. The predicted octanol–water partition coefficient (Wildman–Crippen LogP) is 2.03. The molecule has 20 heavy (non-hydrogen) atoms. The van der Waals surface area contributed by atoms with Gasteiger partial charge in [-0.2, -0.15) is 0 Å². The van der Waals surface area contributed by atoms with E-state index in [0.717, 1.165) is 31.9 Å². The van der Waals surface area contributed by atoms with Gasteiger partial charge in [-0.15, -0.1) is 0 Å². The minimum atomic E-state index is 0.371. The number of ether oxygens (including phenoxy) is 2. The molecule has 1 N–H and O–H groups in total. The molecule has 0 bridgehead atoms. The number of rotatable bonds is 6. The number of methoxy groups -OCH3 is 2. The summed E-state index contributed by atoms with van der Waals surface area (Å²) in [5.74, 6) is 0.976. The average molecular weight is 278 g/mol. The van der Waals surface area contributed by atoms with Gasteiger partial charge in [0, 0.05) is 32.3 Å². The minimum absolute atomic E-state index is 0.371. The number of hydrogen-bond donors (Lipinski definition) is 1. The predicted molar refractivity (Wildman–Crippen MR) is 81.1 cm³/mol. The van der Waals surface area contributed by atoms with Crippen molar-refractivity contribution in [3.05, 3.63) is 29.3 Å². The van der Waals surface area contributed by atoms with Crippen molar-refractivity contribution < 1.29 is 9.47 Å². The highest BCUT2D eigenvalue weighted by Crippen LogP contribution is 2.23. The van der Waals surface area contributed by atoms with Crippen LogP contribution in [0.15, 0.2) is 18.2 Å². The molecule has 0 radical (unpaired) electrons. The molecule has 1 saturated heterocycles. The summed E-state index contributed by atoms with van der Waals surface area (Å²) in [6.45, 7) is 3.97. The van der Waals surface area contributed by atoms with E-state index in [1.807, 2.05) is 14.2 Å². The molecule has 1 aliphatic heterocycles. The van der Waals surface area contributed by atoms with Gasteiger partial charge in [0.05, 0.1) is 13.2 Å². The Morgan fingerprint density at radius 1 is 1.35 bits per heavy atom. The Hall–Kier alpha value is -1.10. The Morgan fingerprint density at radius 3 is 2.90 bits per heavy atom. The van der Waals surface area contributed by atoms with Crippen LogP contribution in [0.25, 0.3) is 0 Å². The lowest BCUT2D eigenvalue weighted by molar-refractivity contribution is 0.0283. The highest BCUT2D eigenvalue weighted by atomic mass is 16.5. The van der Waals surface area contributed by atoms with Crippen LogP contribution in [0.4, 0.5) is 0 Å². The van der Waals surface area contributed by atoms with Crippen LogP contribution in [0.1, 0.15) is 24.0 Å². The lowest BCUT2D eigenvalue weighted by Crippen LogP contribution is -2.38. The van der Waals surface area contributed by atoms with Crippen molar-refractivity contribution in [2.75, 3.05) is 34.4 Å². The third kappa shape index (κ3) is 3.95. The summed E-state index contributed by atoms with van der Waals surface area (Å²) < 4.78 is 11.0. The third-order valence-electron chi connectivity index (χ3n) is 3.92. The molecule has 1 fully saturated rings. The second-order valence-electron chi connectivity index (χ2n) is 5.41. The van der Waals surface area contributed by atoms with E-state index in [2.05, 4.69) is 28.4 Å². The van der Waals surface area contributed by atoms with Crippen LogP contribution in [-0.4, -0.2) is 45.4 Å². The van der Waals surface area contributed by atoms with E-state index in [1.54, 1.807) is 7.11 Å². The smallest absolute Gasteiger partial charge is 0.123 e. The maximum Gasteiger partial charge on any atom is 0.123 e. The van der Waals surface area contributed by atoms with Crippen molar-refractivity contribution in [3.63, 3.8) is 0 Å². The summed E-state index contributed by atoms with van der Waals surface area (Å²) in [6.07, 6.45) is 2.75. The van der Waals surface area contributed by atoms with E-state index in [9.17, 15) is 0 Å². The van der Waals surface area contributed by atoms with E-state index in [1.165, 1.54) is 24.0 Å². The summed E-state index contributed by atoms with van der Waals surface area (Å²) in [4.78, 5) is 2.46. The van der Waals surface area contributed by atoms with E-state index < -0.39 is 0 Å². The summed E-state index contributed by atoms with van der Waals surface area (Å²) in [5.41, 5.74) is 2.56. The fraction of sp³-hybridized carbons (Fsp3) is 0.625. The topological polar surface area (TPSA) is 33.7 Å². The van der Waals surface area contributed by atoms with Crippen molar-refractivity contribution in [1.82, 2.24) is 10.2 Å². The number of likely N-dealkylation sites (tertiary alicyclic amines) is 1. The number of benzene rings is 1. The fourth-order valence-corrected chi connectivity index (χ4v) is 2.86. The summed E-state index contributed by atoms with van der Waals surface area (Å²) >= 11 is 0. The highest BCUT2D eigenvalue weighted by molar-refractivity contribution is 5.37. The molecule has 4 heteroatoms. The third-order valence-corrected chi connectivity index (χ3v) is 3.92. The second-order valence-corrected chi connectivity index (χ2v) is 5.41. The van der Waals surface area contributed by atoms with E-state index >= 15 is 0 Å². The standard InChI is InChI=1S/C16H26N2O2/c1-17-10-13-6-7-16(20-3)14(9-13)11-18-8-4-5-15(12-18)19-2/h6-7,9,15,17H,4-5,8,10-12H2,1-3H3. The summed E-state index contributed by atoms with van der Waals surface area (Å²) in [6, 6.07) is 6.43. The zero-order valence-corrected chi connectivity index (χ0v) is 12.8. The first kappa shape index (κ1) is 15.3. The molecule has 1 heterocycles. The molecule has 0 saturated carbocycles. The van der Waals surface area contributed by atoms with Crippen LogP contribution in [-0.2, 0) is 17.8 Å². The Balaban J connectivity index is 2.08. The molecular weight excluding hydrogens is 252 g/mol. The highest BCUT2D eigenvalue weighted by Gasteiger charge is 2.20. The Kier molecular flexibility index (Phi) is 5.83. The maximum absolute atomic E-state index is 5.50. The number of nitrogens with one attached hydrogen (secondary N) is 1. The molecule has 112 valence electrons. The normalized spacial score (nSPS) is 20.1. The molecule has 0 aliphatic carbocycles. The Labute approximate surface area is 122 Å². The van der Waals surface area contributed by atoms with Crippen LogP contribution in [0.2, 0.25) is 0 Å². The second kappa shape index (κ2) is 7.62. The van der Waals surface area contributed by atoms with Gasteiger partial charge < -0.3 is 14.8 Å². The lowest BCUT2D eigenvalue weighted by atomic mass is 10.1. The maximum atomic E-state index is 5.50. The number of nitrogens with zero attached hydrogens (tertiary/aromatic N) is 1. The molecule has 2 rings (SSSR count). The summed E-state index contributed by atoms with van der Waals surface area (Å²) in [5, 5.41) is 3.19. The fourth-order valence-electron chi connectivity index (χ4n) is 2.86. The molecule has 1 aromatic rings. The van der Waals surface area contributed by atoms with Gasteiger partial charge in [0.25, 0.3) is 0 Å². The quantitative estimate of drug-likeness (QED) is 0.863. The Morgan fingerprint density at radius 2 is 2.20 bits per heavy atom. The minimum Gasteiger partial charge on any atom is -0.496 e. The van der Waals surface area contributed by atoms with Gasteiger partial charge in [0.1, 0.15) is 5.75 Å². The number of piperidine rings is 1. The summed E-state index contributed by atoms with van der Waals surface area (Å²) in [7, 11) is 5.52. The zero-order valence-electron chi connectivity index (χ0n) is 12.8. The SMILES string of the molecule is CNCc1ccc(OC)c(CN2CCCC(OC)C2)c1. The van der Waals surface area contributed by atoms with Crippen molar-refractivity contribution in [2.45, 2.75) is 32.0 Å². The van der Waals surface area contributed by atoms with Crippen LogP contribution in [0.5, 0.6) is 5.75 Å². The van der Waals surface area contributed by atoms with Crippen molar-refractivity contribution >= 4 is 0 Å². The van der Waals surface area contributed by atoms with Crippen molar-refractivity contribution in [1.29, 1.82) is 0 Å². The van der Waals surface area contributed by atoms with Crippen LogP contribution in [0.3, 0.4) is 0 Å². The molecule has 0 amide bonds. The van der Waals surface area contributed by atoms with Crippen LogP contribution < -0.4 is 10.1 Å².